The van der Waals surface area contributed by atoms with Crippen molar-refractivity contribution in [3.05, 3.63) is 33.3 Å². The molecule has 0 amide bonds. The van der Waals surface area contributed by atoms with Gasteiger partial charge in [-0.05, 0) is 22.0 Å². The SMILES string of the molecule is O=C(O)C(F)(F)c1cccc(Cl)c1Br. The molecule has 0 unspecified atom stereocenters. The van der Waals surface area contributed by atoms with Crippen molar-refractivity contribution in [1.82, 2.24) is 0 Å². The van der Waals surface area contributed by atoms with Gasteiger partial charge in [0.25, 0.3) is 0 Å². The normalized spacial score (nSPS) is 11.4. The maximum Gasteiger partial charge on any atom is 0.379 e. The molecule has 76 valence electrons. The molecule has 1 N–H and O–H groups in total. The minimum Gasteiger partial charge on any atom is -0.477 e. The zero-order chi connectivity index (χ0) is 10.9. The van der Waals surface area contributed by atoms with Crippen molar-refractivity contribution in [2.75, 3.05) is 0 Å². The molecule has 1 rings (SSSR count). The lowest BCUT2D eigenvalue weighted by Crippen LogP contribution is -2.25. The average molecular weight is 285 g/mol. The second-order valence-corrected chi connectivity index (χ2v) is 3.68. The van der Waals surface area contributed by atoms with Gasteiger partial charge in [-0.3, -0.25) is 0 Å². The summed E-state index contributed by atoms with van der Waals surface area (Å²) in [4.78, 5) is 10.3. The third-order valence-corrected chi connectivity index (χ3v) is 2.96. The quantitative estimate of drug-likeness (QED) is 0.905. The van der Waals surface area contributed by atoms with E-state index in [-0.39, 0.29) is 9.50 Å². The van der Waals surface area contributed by atoms with E-state index in [0.717, 1.165) is 6.07 Å². The molecule has 14 heavy (non-hydrogen) atoms. The van der Waals surface area contributed by atoms with Gasteiger partial charge in [-0.25, -0.2) is 4.79 Å². The van der Waals surface area contributed by atoms with Crippen molar-refractivity contribution in [2.24, 2.45) is 0 Å². The van der Waals surface area contributed by atoms with Crippen LogP contribution >= 0.6 is 27.5 Å². The van der Waals surface area contributed by atoms with Crippen LogP contribution in [0.25, 0.3) is 0 Å². The summed E-state index contributed by atoms with van der Waals surface area (Å²) in [5, 5.41) is 8.34. The smallest absolute Gasteiger partial charge is 0.379 e. The van der Waals surface area contributed by atoms with Crippen LogP contribution in [0.15, 0.2) is 22.7 Å². The van der Waals surface area contributed by atoms with Gasteiger partial charge in [0, 0.05) is 10.0 Å². The Kier molecular flexibility index (Phi) is 3.11. The molecule has 0 heterocycles. The molecule has 0 atom stereocenters. The van der Waals surface area contributed by atoms with E-state index in [1.165, 1.54) is 12.1 Å². The zero-order valence-electron chi connectivity index (χ0n) is 6.60. The Hall–Kier alpha value is -0.680. The summed E-state index contributed by atoms with van der Waals surface area (Å²) in [7, 11) is 0. The van der Waals surface area contributed by atoms with E-state index in [1.54, 1.807) is 0 Å². The first-order valence-corrected chi connectivity index (χ1v) is 4.60. The van der Waals surface area contributed by atoms with Crippen molar-refractivity contribution < 1.29 is 18.7 Å². The first-order chi connectivity index (χ1) is 6.37. The fourth-order valence-corrected chi connectivity index (χ4v) is 1.55. The van der Waals surface area contributed by atoms with Crippen molar-refractivity contribution in [3.63, 3.8) is 0 Å². The second-order valence-electron chi connectivity index (χ2n) is 2.48. The highest BCUT2D eigenvalue weighted by Gasteiger charge is 2.42. The number of alkyl halides is 2. The van der Waals surface area contributed by atoms with Crippen molar-refractivity contribution in [2.45, 2.75) is 5.92 Å². The summed E-state index contributed by atoms with van der Waals surface area (Å²) in [6.45, 7) is 0. The molecule has 0 aliphatic heterocycles. The molecule has 0 bridgehead atoms. The number of carboxylic acids is 1. The van der Waals surface area contributed by atoms with Crippen LogP contribution in [-0.2, 0) is 10.7 Å². The molecular weight excluding hydrogens is 281 g/mol. The highest BCUT2D eigenvalue weighted by atomic mass is 79.9. The Labute approximate surface area is 91.6 Å². The monoisotopic (exact) mass is 284 g/mol. The number of aliphatic carboxylic acids is 1. The molecule has 6 heteroatoms. The van der Waals surface area contributed by atoms with E-state index in [0.29, 0.717) is 0 Å². The maximum absolute atomic E-state index is 13.0. The van der Waals surface area contributed by atoms with Crippen LogP contribution in [0.2, 0.25) is 5.02 Å². The molecule has 0 fully saturated rings. The highest BCUT2D eigenvalue weighted by Crippen LogP contribution is 2.37. The number of halogens is 4. The third kappa shape index (κ3) is 1.88. The Morgan fingerprint density at radius 3 is 2.57 bits per heavy atom. The van der Waals surface area contributed by atoms with Gasteiger partial charge >= 0.3 is 11.9 Å². The standard InChI is InChI=1S/C8H4BrClF2O2/c9-6-4(2-1-3-5(6)10)8(11,12)7(13)14/h1-3H,(H,13,14). The lowest BCUT2D eigenvalue weighted by atomic mass is 10.1. The summed E-state index contributed by atoms with van der Waals surface area (Å²) >= 11 is 8.36. The van der Waals surface area contributed by atoms with Gasteiger partial charge in [0.1, 0.15) is 0 Å². The van der Waals surface area contributed by atoms with Crippen LogP contribution in [0.5, 0.6) is 0 Å². The van der Waals surface area contributed by atoms with Crippen LogP contribution in [-0.4, -0.2) is 11.1 Å². The lowest BCUT2D eigenvalue weighted by Gasteiger charge is -2.13. The summed E-state index contributed by atoms with van der Waals surface area (Å²) in [5.41, 5.74) is -0.655. The summed E-state index contributed by atoms with van der Waals surface area (Å²) in [5.74, 6) is -6.15. The largest absolute Gasteiger partial charge is 0.477 e. The predicted octanol–water partition coefficient (Wildman–Crippen LogP) is 3.28. The molecule has 2 nitrogen and oxygen atoms in total. The van der Waals surface area contributed by atoms with Gasteiger partial charge in [0.2, 0.25) is 0 Å². The van der Waals surface area contributed by atoms with Crippen LogP contribution in [0.3, 0.4) is 0 Å². The van der Waals surface area contributed by atoms with E-state index >= 15 is 0 Å². The Morgan fingerprint density at radius 1 is 1.50 bits per heavy atom. The minimum absolute atomic E-state index is 0.0448. The van der Waals surface area contributed by atoms with Gasteiger partial charge in [0.05, 0.1) is 5.02 Å². The van der Waals surface area contributed by atoms with Crippen molar-refractivity contribution in [3.8, 4) is 0 Å². The average Bonchev–Trinajstić information content (AvgIpc) is 2.09. The number of carboxylic acid groups (broad SMARTS) is 1. The molecule has 0 aliphatic carbocycles. The highest BCUT2D eigenvalue weighted by molar-refractivity contribution is 9.10. The Morgan fingerprint density at radius 2 is 2.07 bits per heavy atom. The number of rotatable bonds is 2. The third-order valence-electron chi connectivity index (χ3n) is 1.56. The minimum atomic E-state index is -3.94. The van der Waals surface area contributed by atoms with Gasteiger partial charge in [-0.2, -0.15) is 8.78 Å². The molecule has 0 saturated heterocycles. The molecule has 0 aliphatic rings. The van der Waals surface area contributed by atoms with Crippen LogP contribution < -0.4 is 0 Å². The maximum atomic E-state index is 13.0. The van der Waals surface area contributed by atoms with Crippen molar-refractivity contribution >= 4 is 33.5 Å². The first kappa shape index (κ1) is 11.4. The molecule has 0 spiro atoms. The van der Waals surface area contributed by atoms with Crippen LogP contribution in [0.1, 0.15) is 5.56 Å². The molecule has 0 aromatic heterocycles. The molecular formula is C8H4BrClF2O2. The van der Waals surface area contributed by atoms with Gasteiger partial charge in [-0.15, -0.1) is 0 Å². The topological polar surface area (TPSA) is 37.3 Å². The number of benzene rings is 1. The van der Waals surface area contributed by atoms with Gasteiger partial charge < -0.3 is 5.11 Å². The molecule has 1 aromatic rings. The first-order valence-electron chi connectivity index (χ1n) is 3.43. The fourth-order valence-electron chi connectivity index (χ4n) is 0.861. The second kappa shape index (κ2) is 3.82. The number of hydrogen-bond donors (Lipinski definition) is 1. The van der Waals surface area contributed by atoms with E-state index in [9.17, 15) is 13.6 Å². The number of carbonyl (C=O) groups is 1. The Bertz CT molecular complexity index is 382. The summed E-state index contributed by atoms with van der Waals surface area (Å²) in [6, 6.07) is 3.65. The number of hydrogen-bond acceptors (Lipinski definition) is 1. The molecule has 1 aromatic carbocycles. The molecule has 0 saturated carbocycles. The van der Waals surface area contributed by atoms with Crippen LogP contribution in [0.4, 0.5) is 8.78 Å². The zero-order valence-corrected chi connectivity index (χ0v) is 8.94. The molecule has 0 radical (unpaired) electrons. The van der Waals surface area contributed by atoms with E-state index < -0.39 is 17.5 Å². The fraction of sp³-hybridized carbons (Fsp3) is 0.125. The van der Waals surface area contributed by atoms with Crippen LogP contribution in [0, 0.1) is 0 Å². The summed E-state index contributed by atoms with van der Waals surface area (Å²) in [6.07, 6.45) is 0. The van der Waals surface area contributed by atoms with Gasteiger partial charge in [-0.1, -0.05) is 23.7 Å². The van der Waals surface area contributed by atoms with Crippen molar-refractivity contribution in [1.29, 1.82) is 0 Å². The van der Waals surface area contributed by atoms with E-state index in [4.69, 9.17) is 16.7 Å². The van der Waals surface area contributed by atoms with E-state index in [1.807, 2.05) is 0 Å². The lowest BCUT2D eigenvalue weighted by molar-refractivity contribution is -0.166. The Balaban J connectivity index is 3.33. The predicted molar refractivity (Wildman–Crippen MR) is 50.7 cm³/mol. The van der Waals surface area contributed by atoms with E-state index in [2.05, 4.69) is 15.9 Å². The summed E-state index contributed by atoms with van der Waals surface area (Å²) < 4.78 is 26.0. The van der Waals surface area contributed by atoms with Gasteiger partial charge in [0.15, 0.2) is 0 Å².